The molecule has 1 aromatic heterocycles. The lowest BCUT2D eigenvalue weighted by Crippen LogP contribution is -2.26. The Labute approximate surface area is 91.3 Å². The quantitative estimate of drug-likeness (QED) is 0.806. The van der Waals surface area contributed by atoms with E-state index in [1.165, 1.54) is 25.7 Å². The van der Waals surface area contributed by atoms with Crippen molar-refractivity contribution in [1.82, 2.24) is 10.2 Å². The second kappa shape index (κ2) is 4.60. The molecule has 0 aromatic carbocycles. The van der Waals surface area contributed by atoms with Crippen molar-refractivity contribution in [3.63, 3.8) is 0 Å². The molecular weight excluding hydrogens is 186 g/mol. The molecule has 3 heteroatoms. The van der Waals surface area contributed by atoms with Gasteiger partial charge >= 0.3 is 0 Å². The Morgan fingerprint density at radius 1 is 1.27 bits per heavy atom. The first-order valence-electron chi connectivity index (χ1n) is 5.81. The number of nitrogens with one attached hydrogen (secondary N) is 1. The first kappa shape index (κ1) is 10.4. The zero-order valence-corrected chi connectivity index (χ0v) is 9.53. The molecule has 2 atom stereocenters. The van der Waals surface area contributed by atoms with E-state index in [1.54, 1.807) is 0 Å². The number of hydrogen-bond donors (Lipinski definition) is 1. The average molecular weight is 205 g/mol. The molecule has 1 aliphatic carbocycles. The summed E-state index contributed by atoms with van der Waals surface area (Å²) >= 11 is 0. The third kappa shape index (κ3) is 2.91. The predicted molar refractivity (Wildman–Crippen MR) is 61.8 cm³/mol. The monoisotopic (exact) mass is 205 g/mol. The Kier molecular flexibility index (Phi) is 3.19. The van der Waals surface area contributed by atoms with Gasteiger partial charge in [-0.25, -0.2) is 0 Å². The topological polar surface area (TPSA) is 37.8 Å². The molecule has 0 saturated heterocycles. The highest BCUT2D eigenvalue weighted by molar-refractivity contribution is 5.34. The second-order valence-corrected chi connectivity index (χ2v) is 4.67. The van der Waals surface area contributed by atoms with Crippen molar-refractivity contribution in [3.05, 3.63) is 17.8 Å². The van der Waals surface area contributed by atoms with Gasteiger partial charge in [0.1, 0.15) is 5.82 Å². The van der Waals surface area contributed by atoms with Crippen molar-refractivity contribution in [2.24, 2.45) is 5.92 Å². The van der Waals surface area contributed by atoms with Crippen LogP contribution >= 0.6 is 0 Å². The zero-order valence-electron chi connectivity index (χ0n) is 9.53. The van der Waals surface area contributed by atoms with E-state index in [4.69, 9.17) is 0 Å². The summed E-state index contributed by atoms with van der Waals surface area (Å²) in [6.45, 7) is 4.29. The molecule has 0 bridgehead atoms. The van der Waals surface area contributed by atoms with Crippen LogP contribution in [0.5, 0.6) is 0 Å². The first-order chi connectivity index (χ1) is 7.24. The van der Waals surface area contributed by atoms with Gasteiger partial charge in [-0.3, -0.25) is 0 Å². The van der Waals surface area contributed by atoms with E-state index in [0.717, 1.165) is 17.4 Å². The maximum Gasteiger partial charge on any atom is 0.148 e. The molecule has 0 amide bonds. The normalized spacial score (nSPS) is 26.3. The van der Waals surface area contributed by atoms with Crippen LogP contribution in [0.4, 0.5) is 5.82 Å². The predicted octanol–water partition coefficient (Wildman–Crippen LogP) is 2.78. The second-order valence-electron chi connectivity index (χ2n) is 4.67. The summed E-state index contributed by atoms with van der Waals surface area (Å²) in [6.07, 6.45) is 5.23. The molecule has 15 heavy (non-hydrogen) atoms. The zero-order chi connectivity index (χ0) is 10.7. The maximum atomic E-state index is 4.14. The van der Waals surface area contributed by atoms with E-state index >= 15 is 0 Å². The summed E-state index contributed by atoms with van der Waals surface area (Å²) in [5.74, 6) is 1.76. The van der Waals surface area contributed by atoms with E-state index in [-0.39, 0.29) is 0 Å². The molecule has 0 aliphatic heterocycles. The third-order valence-electron chi connectivity index (χ3n) is 3.09. The van der Waals surface area contributed by atoms with Crippen molar-refractivity contribution in [2.75, 3.05) is 5.32 Å². The number of nitrogens with zero attached hydrogens (tertiary/aromatic N) is 2. The molecule has 2 unspecified atom stereocenters. The van der Waals surface area contributed by atoms with Crippen molar-refractivity contribution in [1.29, 1.82) is 0 Å². The van der Waals surface area contributed by atoms with Crippen LogP contribution in [0.25, 0.3) is 0 Å². The van der Waals surface area contributed by atoms with Crippen LogP contribution in [0.15, 0.2) is 12.1 Å². The van der Waals surface area contributed by atoms with Gasteiger partial charge in [-0.2, -0.15) is 5.10 Å². The summed E-state index contributed by atoms with van der Waals surface area (Å²) in [4.78, 5) is 0. The van der Waals surface area contributed by atoms with Crippen LogP contribution < -0.4 is 5.32 Å². The Morgan fingerprint density at radius 3 is 2.80 bits per heavy atom. The van der Waals surface area contributed by atoms with Crippen molar-refractivity contribution >= 4 is 5.82 Å². The van der Waals surface area contributed by atoms with Gasteiger partial charge in [0.05, 0.1) is 5.69 Å². The molecule has 82 valence electrons. The van der Waals surface area contributed by atoms with Crippen molar-refractivity contribution < 1.29 is 0 Å². The van der Waals surface area contributed by atoms with E-state index < -0.39 is 0 Å². The van der Waals surface area contributed by atoms with Gasteiger partial charge < -0.3 is 5.32 Å². The number of hydrogen-bond acceptors (Lipinski definition) is 3. The maximum absolute atomic E-state index is 4.14. The Hall–Kier alpha value is -1.12. The molecule has 1 aromatic rings. The molecule has 0 spiro atoms. The minimum Gasteiger partial charge on any atom is -0.366 e. The van der Waals surface area contributed by atoms with Gasteiger partial charge in [-0.1, -0.05) is 19.8 Å². The lowest BCUT2D eigenvalue weighted by Gasteiger charge is -2.27. The fourth-order valence-electron chi connectivity index (χ4n) is 2.25. The average Bonchev–Trinajstić information content (AvgIpc) is 2.22. The summed E-state index contributed by atoms with van der Waals surface area (Å²) < 4.78 is 0. The molecule has 1 aliphatic rings. The SMILES string of the molecule is Cc1ccc(NC2CCCC(C)C2)nn1. The van der Waals surface area contributed by atoms with Gasteiger partial charge in [0.2, 0.25) is 0 Å². The number of aromatic nitrogens is 2. The van der Waals surface area contributed by atoms with Crippen LogP contribution in [-0.2, 0) is 0 Å². The van der Waals surface area contributed by atoms with Gasteiger partial charge in [0, 0.05) is 6.04 Å². The van der Waals surface area contributed by atoms with Gasteiger partial charge in [0.25, 0.3) is 0 Å². The molecular formula is C12H19N3. The van der Waals surface area contributed by atoms with Crippen molar-refractivity contribution in [3.8, 4) is 0 Å². The largest absolute Gasteiger partial charge is 0.366 e. The molecule has 0 radical (unpaired) electrons. The minimum atomic E-state index is 0.589. The van der Waals surface area contributed by atoms with E-state index in [1.807, 2.05) is 19.1 Å². The fraction of sp³-hybridized carbons (Fsp3) is 0.667. The lowest BCUT2D eigenvalue weighted by atomic mass is 9.87. The Balaban J connectivity index is 1.93. The van der Waals surface area contributed by atoms with Crippen LogP contribution in [0, 0.1) is 12.8 Å². The summed E-state index contributed by atoms with van der Waals surface area (Å²) in [6, 6.07) is 4.61. The Bertz CT molecular complexity index is 307. The highest BCUT2D eigenvalue weighted by Crippen LogP contribution is 2.25. The minimum absolute atomic E-state index is 0.589. The van der Waals surface area contributed by atoms with E-state index in [2.05, 4.69) is 22.4 Å². The number of rotatable bonds is 2. The van der Waals surface area contributed by atoms with Gasteiger partial charge in [-0.15, -0.1) is 5.10 Å². The smallest absolute Gasteiger partial charge is 0.148 e. The highest BCUT2D eigenvalue weighted by atomic mass is 15.2. The Morgan fingerprint density at radius 2 is 2.13 bits per heavy atom. The number of anilines is 1. The van der Waals surface area contributed by atoms with E-state index in [9.17, 15) is 0 Å². The first-order valence-corrected chi connectivity index (χ1v) is 5.81. The van der Waals surface area contributed by atoms with Crippen molar-refractivity contribution in [2.45, 2.75) is 45.6 Å². The number of aryl methyl sites for hydroxylation is 1. The highest BCUT2D eigenvalue weighted by Gasteiger charge is 2.18. The lowest BCUT2D eigenvalue weighted by molar-refractivity contribution is 0.358. The fourth-order valence-corrected chi connectivity index (χ4v) is 2.25. The molecule has 1 fully saturated rings. The van der Waals surface area contributed by atoms with Crippen LogP contribution in [0.3, 0.4) is 0 Å². The van der Waals surface area contributed by atoms with Gasteiger partial charge in [0.15, 0.2) is 0 Å². The molecule has 3 nitrogen and oxygen atoms in total. The molecule has 1 N–H and O–H groups in total. The summed E-state index contributed by atoms with van der Waals surface area (Å²) in [5.41, 5.74) is 0.970. The summed E-state index contributed by atoms with van der Waals surface area (Å²) in [7, 11) is 0. The van der Waals surface area contributed by atoms with Crippen LogP contribution in [-0.4, -0.2) is 16.2 Å². The molecule has 2 rings (SSSR count). The van der Waals surface area contributed by atoms with E-state index in [0.29, 0.717) is 6.04 Å². The molecule has 1 heterocycles. The standard InChI is InChI=1S/C12H19N3/c1-9-4-3-5-11(8-9)13-12-7-6-10(2)14-15-12/h6-7,9,11H,3-5,8H2,1-2H3,(H,13,15). The van der Waals surface area contributed by atoms with Crippen LogP contribution in [0.1, 0.15) is 38.3 Å². The van der Waals surface area contributed by atoms with Crippen LogP contribution in [0.2, 0.25) is 0 Å². The molecule has 1 saturated carbocycles. The van der Waals surface area contributed by atoms with Gasteiger partial charge in [-0.05, 0) is 37.8 Å². The summed E-state index contributed by atoms with van der Waals surface area (Å²) in [5, 5.41) is 11.7. The third-order valence-corrected chi connectivity index (χ3v) is 3.09.